The van der Waals surface area contributed by atoms with Gasteiger partial charge in [-0.1, -0.05) is 0 Å². The maximum absolute atomic E-state index is 5.68. The lowest BCUT2D eigenvalue weighted by Crippen LogP contribution is -1.93. The lowest BCUT2D eigenvalue weighted by Gasteiger charge is -2.04. The minimum Gasteiger partial charge on any atom is -0.497 e. The van der Waals surface area contributed by atoms with Crippen molar-refractivity contribution in [2.45, 2.75) is 0 Å². The van der Waals surface area contributed by atoms with E-state index in [-0.39, 0.29) is 0 Å². The van der Waals surface area contributed by atoms with Gasteiger partial charge in [-0.15, -0.1) is 0 Å². The number of methoxy groups -OCH3 is 1. The molecule has 0 aliphatic rings. The maximum atomic E-state index is 5.68. The number of nitrogens with zero attached hydrogens (tertiary/aromatic N) is 2. The number of anilines is 1. The van der Waals surface area contributed by atoms with Gasteiger partial charge in [-0.2, -0.15) is 0 Å². The van der Waals surface area contributed by atoms with E-state index in [2.05, 4.69) is 9.97 Å². The maximum Gasteiger partial charge on any atom is 0.162 e. The van der Waals surface area contributed by atoms with Gasteiger partial charge in [0.15, 0.2) is 5.65 Å². The summed E-state index contributed by atoms with van der Waals surface area (Å²) in [6, 6.07) is 15.4. The Bertz CT molecular complexity index is 723. The van der Waals surface area contributed by atoms with Crippen molar-refractivity contribution >= 4 is 16.9 Å². The van der Waals surface area contributed by atoms with Crippen molar-refractivity contribution in [3.05, 3.63) is 48.5 Å². The number of hydrogen-bond donors (Lipinski definition) is 1. The molecule has 0 spiro atoms. The second-order valence-electron chi connectivity index (χ2n) is 4.21. The molecule has 94 valence electrons. The topological polar surface area (TPSA) is 61.0 Å². The van der Waals surface area contributed by atoms with Crippen LogP contribution >= 0.6 is 0 Å². The van der Waals surface area contributed by atoms with Crippen LogP contribution in [0.4, 0.5) is 5.82 Å². The van der Waals surface area contributed by atoms with Gasteiger partial charge in [-0.05, 0) is 48.5 Å². The van der Waals surface area contributed by atoms with E-state index < -0.39 is 0 Å². The average Bonchev–Trinajstić information content (AvgIpc) is 2.46. The van der Waals surface area contributed by atoms with Gasteiger partial charge >= 0.3 is 0 Å². The van der Waals surface area contributed by atoms with Crippen molar-refractivity contribution in [2.75, 3.05) is 12.8 Å². The number of nitrogen functional groups attached to an aromatic ring is 1. The van der Waals surface area contributed by atoms with E-state index in [4.69, 9.17) is 10.5 Å². The highest BCUT2D eigenvalue weighted by molar-refractivity contribution is 5.79. The zero-order valence-corrected chi connectivity index (χ0v) is 10.5. The summed E-state index contributed by atoms with van der Waals surface area (Å²) in [6.45, 7) is 0. The van der Waals surface area contributed by atoms with E-state index in [1.54, 1.807) is 13.2 Å². The van der Waals surface area contributed by atoms with Crippen LogP contribution in [-0.2, 0) is 0 Å². The zero-order chi connectivity index (χ0) is 13.2. The van der Waals surface area contributed by atoms with E-state index in [9.17, 15) is 0 Å². The van der Waals surface area contributed by atoms with E-state index in [0.717, 1.165) is 22.4 Å². The molecule has 0 amide bonds. The van der Waals surface area contributed by atoms with Gasteiger partial charge in [0.2, 0.25) is 0 Å². The molecule has 0 unspecified atom stereocenters. The Morgan fingerprint density at radius 3 is 2.37 bits per heavy atom. The summed E-state index contributed by atoms with van der Waals surface area (Å²) in [5, 5.41) is 0.978. The smallest absolute Gasteiger partial charge is 0.162 e. The SMILES string of the molecule is COc1ccc(-c2ccc3ccc(N)nc3n2)cc1. The predicted molar refractivity (Wildman–Crippen MR) is 75.9 cm³/mol. The molecule has 0 fully saturated rings. The molecule has 0 aliphatic carbocycles. The molecule has 0 aliphatic heterocycles. The van der Waals surface area contributed by atoms with Gasteiger partial charge in [0.25, 0.3) is 0 Å². The fourth-order valence-corrected chi connectivity index (χ4v) is 1.94. The van der Waals surface area contributed by atoms with Gasteiger partial charge in [0, 0.05) is 10.9 Å². The molecule has 3 rings (SSSR count). The van der Waals surface area contributed by atoms with Crippen LogP contribution in [0, 0.1) is 0 Å². The predicted octanol–water partition coefficient (Wildman–Crippen LogP) is 2.89. The number of benzene rings is 1. The summed E-state index contributed by atoms with van der Waals surface area (Å²) in [4.78, 5) is 8.77. The Morgan fingerprint density at radius 1 is 0.895 bits per heavy atom. The van der Waals surface area contributed by atoms with Crippen molar-refractivity contribution in [1.82, 2.24) is 9.97 Å². The molecule has 2 N–H and O–H groups in total. The highest BCUT2D eigenvalue weighted by Crippen LogP contribution is 2.22. The number of rotatable bonds is 2. The van der Waals surface area contributed by atoms with Crippen molar-refractivity contribution in [1.29, 1.82) is 0 Å². The number of nitrogens with two attached hydrogens (primary N) is 1. The van der Waals surface area contributed by atoms with Crippen LogP contribution in [0.2, 0.25) is 0 Å². The Balaban J connectivity index is 2.08. The molecule has 4 nitrogen and oxygen atoms in total. The fourth-order valence-electron chi connectivity index (χ4n) is 1.94. The minimum absolute atomic E-state index is 0.479. The van der Waals surface area contributed by atoms with E-state index in [0.29, 0.717) is 11.5 Å². The van der Waals surface area contributed by atoms with Crippen LogP contribution in [0.3, 0.4) is 0 Å². The molecule has 0 radical (unpaired) electrons. The third kappa shape index (κ3) is 2.20. The molecule has 19 heavy (non-hydrogen) atoms. The quantitative estimate of drug-likeness (QED) is 0.760. The van der Waals surface area contributed by atoms with E-state index in [1.807, 2.05) is 42.5 Å². The Hall–Kier alpha value is -2.62. The summed E-state index contributed by atoms with van der Waals surface area (Å²) >= 11 is 0. The second kappa shape index (κ2) is 4.57. The lowest BCUT2D eigenvalue weighted by molar-refractivity contribution is 0.415. The molecule has 0 saturated heterocycles. The Kier molecular flexibility index (Phi) is 2.76. The van der Waals surface area contributed by atoms with Crippen LogP contribution in [0.1, 0.15) is 0 Å². The number of ether oxygens (including phenoxy) is 1. The summed E-state index contributed by atoms with van der Waals surface area (Å²) in [6.07, 6.45) is 0. The summed E-state index contributed by atoms with van der Waals surface area (Å²) in [5.41, 5.74) is 8.23. The highest BCUT2D eigenvalue weighted by Gasteiger charge is 2.03. The van der Waals surface area contributed by atoms with Gasteiger partial charge in [-0.3, -0.25) is 0 Å². The molecule has 3 aromatic rings. The first-order valence-corrected chi connectivity index (χ1v) is 5.94. The van der Waals surface area contributed by atoms with Gasteiger partial charge in [0.05, 0.1) is 12.8 Å². The first kappa shape index (κ1) is 11.5. The van der Waals surface area contributed by atoms with Crippen molar-refractivity contribution in [3.8, 4) is 17.0 Å². The second-order valence-corrected chi connectivity index (χ2v) is 4.21. The van der Waals surface area contributed by atoms with Crippen molar-refractivity contribution < 1.29 is 4.74 Å². The van der Waals surface area contributed by atoms with Gasteiger partial charge < -0.3 is 10.5 Å². The molecule has 1 aromatic carbocycles. The van der Waals surface area contributed by atoms with Crippen LogP contribution in [0.5, 0.6) is 5.75 Å². The molecule has 2 heterocycles. The largest absolute Gasteiger partial charge is 0.497 e. The molecule has 2 aromatic heterocycles. The molecule has 0 saturated carbocycles. The van der Waals surface area contributed by atoms with Crippen LogP contribution in [0.15, 0.2) is 48.5 Å². The molecule has 4 heteroatoms. The van der Waals surface area contributed by atoms with E-state index >= 15 is 0 Å². The minimum atomic E-state index is 0.479. The number of fused-ring (bicyclic) bond motifs is 1. The third-order valence-corrected chi connectivity index (χ3v) is 2.96. The van der Waals surface area contributed by atoms with Crippen LogP contribution in [0.25, 0.3) is 22.3 Å². The van der Waals surface area contributed by atoms with Crippen LogP contribution in [-0.4, -0.2) is 17.1 Å². The highest BCUT2D eigenvalue weighted by atomic mass is 16.5. The molecular weight excluding hydrogens is 238 g/mol. The summed E-state index contributed by atoms with van der Waals surface area (Å²) in [7, 11) is 1.65. The first-order chi connectivity index (χ1) is 9.26. The molecule has 0 atom stereocenters. The lowest BCUT2D eigenvalue weighted by atomic mass is 10.1. The first-order valence-electron chi connectivity index (χ1n) is 5.94. The van der Waals surface area contributed by atoms with Crippen molar-refractivity contribution in [2.24, 2.45) is 0 Å². The number of hydrogen-bond acceptors (Lipinski definition) is 4. The Morgan fingerprint density at radius 2 is 1.63 bits per heavy atom. The molecular formula is C15H13N3O. The molecule has 0 bridgehead atoms. The van der Waals surface area contributed by atoms with Gasteiger partial charge in [0.1, 0.15) is 11.6 Å². The summed E-state index contributed by atoms with van der Waals surface area (Å²) < 4.78 is 5.14. The van der Waals surface area contributed by atoms with Crippen LogP contribution < -0.4 is 10.5 Å². The van der Waals surface area contributed by atoms with Gasteiger partial charge in [-0.25, -0.2) is 9.97 Å². The number of pyridine rings is 2. The third-order valence-electron chi connectivity index (χ3n) is 2.96. The van der Waals surface area contributed by atoms with Crippen molar-refractivity contribution in [3.63, 3.8) is 0 Å². The normalized spacial score (nSPS) is 10.6. The summed E-state index contributed by atoms with van der Waals surface area (Å²) in [5.74, 6) is 1.30. The Labute approximate surface area is 110 Å². The zero-order valence-electron chi connectivity index (χ0n) is 10.5. The number of aromatic nitrogens is 2. The monoisotopic (exact) mass is 251 g/mol. The standard InChI is InChI=1S/C15H13N3O/c1-19-12-6-2-10(3-7-12)13-8-4-11-5-9-14(16)18-15(11)17-13/h2-9H,1H3,(H2,16,17,18). The average molecular weight is 251 g/mol. The fraction of sp³-hybridized carbons (Fsp3) is 0.0667. The van der Waals surface area contributed by atoms with E-state index in [1.165, 1.54) is 0 Å².